The average molecular weight is 461 g/mol. The van der Waals surface area contributed by atoms with Gasteiger partial charge in [-0.2, -0.15) is 0 Å². The minimum Gasteiger partial charge on any atom is -0.450 e. The molecule has 2 saturated heterocycles. The predicted molar refractivity (Wildman–Crippen MR) is 126 cm³/mol. The molecule has 0 unspecified atom stereocenters. The first-order valence-corrected chi connectivity index (χ1v) is 12.4. The van der Waals surface area contributed by atoms with Crippen LogP contribution in [-0.4, -0.2) is 85.3 Å². The maximum Gasteiger partial charge on any atom is 0.409 e. The van der Waals surface area contributed by atoms with Crippen molar-refractivity contribution in [1.29, 1.82) is 0 Å². The Bertz CT molecular complexity index is 859. The number of likely N-dealkylation sites (tertiary alicyclic amines) is 2. The van der Waals surface area contributed by atoms with Crippen LogP contribution in [0.3, 0.4) is 0 Å². The Morgan fingerprint density at radius 2 is 1.76 bits per heavy atom. The quantitative estimate of drug-likeness (QED) is 0.680. The summed E-state index contributed by atoms with van der Waals surface area (Å²) in [4.78, 5) is 33.3. The lowest BCUT2D eigenvalue weighted by Crippen LogP contribution is -2.53. The summed E-state index contributed by atoms with van der Waals surface area (Å²) in [5, 5.41) is 0. The Balaban J connectivity index is 1.44. The summed E-state index contributed by atoms with van der Waals surface area (Å²) in [7, 11) is 0. The highest BCUT2D eigenvalue weighted by molar-refractivity contribution is 5.95. The van der Waals surface area contributed by atoms with Gasteiger partial charge in [0.25, 0.3) is 0 Å². The number of amides is 3. The van der Waals surface area contributed by atoms with E-state index in [0.717, 1.165) is 63.1 Å². The number of hydrogen-bond acceptors (Lipinski definition) is 4. The number of fused-ring (bicyclic) bond motifs is 2. The molecule has 0 radical (unpaired) electrons. The summed E-state index contributed by atoms with van der Waals surface area (Å²) in [6.07, 6.45) is 3.50. The molecule has 33 heavy (non-hydrogen) atoms. The van der Waals surface area contributed by atoms with Gasteiger partial charge in [-0.15, -0.1) is 0 Å². The molecule has 1 aromatic rings. The highest BCUT2D eigenvalue weighted by atomic mass is 19.1. The Kier molecular flexibility index (Phi) is 7.12. The first kappa shape index (κ1) is 23.8. The van der Waals surface area contributed by atoms with Crippen molar-refractivity contribution in [2.45, 2.75) is 57.9 Å². The van der Waals surface area contributed by atoms with Crippen molar-refractivity contribution in [2.75, 3.05) is 57.3 Å². The zero-order valence-corrected chi connectivity index (χ0v) is 20.2. The standard InChI is InChI=1S/C25H37FN4O3/c1-4-27(5-2)23(31)30-18-25(21-17-19(26)7-8-22(21)30)11-15-28(16-12-25)20-9-13-29(14-10-20)24(32)33-6-3/h7-8,17,20H,4-6,9-16,18H2,1-3H3. The monoisotopic (exact) mass is 460 g/mol. The minimum atomic E-state index is -0.237. The van der Waals surface area contributed by atoms with Gasteiger partial charge in [-0.25, -0.2) is 14.0 Å². The Morgan fingerprint density at radius 3 is 2.36 bits per heavy atom. The van der Waals surface area contributed by atoms with Crippen LogP contribution in [0.1, 0.15) is 52.0 Å². The first-order chi connectivity index (χ1) is 15.9. The van der Waals surface area contributed by atoms with Gasteiger partial charge in [0.1, 0.15) is 5.82 Å². The van der Waals surface area contributed by atoms with Crippen molar-refractivity contribution in [3.63, 3.8) is 0 Å². The number of benzene rings is 1. The SMILES string of the molecule is CCOC(=O)N1CCC(N2CCC3(CC2)CN(C(=O)N(CC)CC)c2ccc(F)cc23)CC1. The molecule has 8 heteroatoms. The fraction of sp³-hybridized carbons (Fsp3) is 0.680. The molecule has 3 aliphatic rings. The number of carbonyl (C=O) groups is 2. The lowest BCUT2D eigenvalue weighted by atomic mass is 9.74. The van der Waals surface area contributed by atoms with Crippen molar-refractivity contribution in [1.82, 2.24) is 14.7 Å². The normalized spacial score (nSPS) is 20.7. The van der Waals surface area contributed by atoms with Crippen molar-refractivity contribution >= 4 is 17.8 Å². The van der Waals surface area contributed by atoms with Gasteiger partial charge in [-0.3, -0.25) is 4.90 Å². The number of nitrogens with zero attached hydrogens (tertiary/aromatic N) is 4. The lowest BCUT2D eigenvalue weighted by molar-refractivity contribution is 0.0579. The number of hydrogen-bond donors (Lipinski definition) is 0. The molecule has 182 valence electrons. The van der Waals surface area contributed by atoms with E-state index in [-0.39, 0.29) is 23.4 Å². The summed E-state index contributed by atoms with van der Waals surface area (Å²) < 4.78 is 19.4. The fourth-order valence-electron chi connectivity index (χ4n) is 5.85. The van der Waals surface area contributed by atoms with Crippen molar-refractivity contribution in [2.24, 2.45) is 0 Å². The van der Waals surface area contributed by atoms with Crippen LogP contribution < -0.4 is 4.90 Å². The minimum absolute atomic E-state index is 0.0125. The number of piperidine rings is 2. The third-order valence-electron chi connectivity index (χ3n) is 7.81. The third kappa shape index (κ3) is 4.54. The first-order valence-electron chi connectivity index (χ1n) is 12.4. The highest BCUT2D eigenvalue weighted by Gasteiger charge is 2.48. The number of anilines is 1. The fourth-order valence-corrected chi connectivity index (χ4v) is 5.85. The molecule has 2 fully saturated rings. The molecule has 3 heterocycles. The number of ether oxygens (including phenoxy) is 1. The van der Waals surface area contributed by atoms with Crippen LogP contribution in [0.2, 0.25) is 0 Å². The number of carbonyl (C=O) groups excluding carboxylic acids is 2. The summed E-state index contributed by atoms with van der Waals surface area (Å²) in [6.45, 7) is 11.5. The molecule has 0 atom stereocenters. The molecule has 0 bridgehead atoms. The number of urea groups is 1. The van der Waals surface area contributed by atoms with Crippen LogP contribution in [0.15, 0.2) is 18.2 Å². The van der Waals surface area contributed by atoms with E-state index in [2.05, 4.69) is 4.90 Å². The molecule has 0 N–H and O–H groups in total. The van der Waals surface area contributed by atoms with Gasteiger partial charge >= 0.3 is 12.1 Å². The van der Waals surface area contributed by atoms with Gasteiger partial charge in [0.15, 0.2) is 0 Å². The van der Waals surface area contributed by atoms with Gasteiger partial charge < -0.3 is 19.4 Å². The zero-order valence-electron chi connectivity index (χ0n) is 20.2. The Hall–Kier alpha value is -2.35. The second kappa shape index (κ2) is 9.87. The Labute approximate surface area is 196 Å². The van der Waals surface area contributed by atoms with E-state index in [0.29, 0.717) is 32.3 Å². The van der Waals surface area contributed by atoms with Crippen LogP contribution in [0.25, 0.3) is 0 Å². The van der Waals surface area contributed by atoms with Crippen molar-refractivity contribution < 1.29 is 18.7 Å². The molecule has 3 aliphatic heterocycles. The van der Waals surface area contributed by atoms with Gasteiger partial charge in [0.05, 0.1) is 6.61 Å². The van der Waals surface area contributed by atoms with E-state index in [9.17, 15) is 14.0 Å². The average Bonchev–Trinajstić information content (AvgIpc) is 3.13. The molecule has 3 amide bonds. The molecular weight excluding hydrogens is 423 g/mol. The maximum atomic E-state index is 14.3. The second-order valence-electron chi connectivity index (χ2n) is 9.44. The molecule has 1 aromatic carbocycles. The molecule has 0 aliphatic carbocycles. The van der Waals surface area contributed by atoms with E-state index >= 15 is 0 Å². The summed E-state index contributed by atoms with van der Waals surface area (Å²) in [5.74, 6) is -0.237. The zero-order chi connectivity index (χ0) is 23.6. The van der Waals surface area contributed by atoms with Crippen LogP contribution >= 0.6 is 0 Å². The highest BCUT2D eigenvalue weighted by Crippen LogP contribution is 2.48. The number of rotatable bonds is 4. The van der Waals surface area contributed by atoms with E-state index in [1.54, 1.807) is 17.0 Å². The molecule has 1 spiro atoms. The van der Waals surface area contributed by atoms with E-state index in [4.69, 9.17) is 4.74 Å². The molecule has 7 nitrogen and oxygen atoms in total. The largest absolute Gasteiger partial charge is 0.450 e. The van der Waals surface area contributed by atoms with Gasteiger partial charge in [0.2, 0.25) is 0 Å². The topological polar surface area (TPSA) is 56.3 Å². The molecule has 0 saturated carbocycles. The van der Waals surface area contributed by atoms with Gasteiger partial charge in [-0.05, 0) is 83.3 Å². The second-order valence-corrected chi connectivity index (χ2v) is 9.44. The van der Waals surface area contributed by atoms with Crippen molar-refractivity contribution in [3.8, 4) is 0 Å². The molecule has 0 aromatic heterocycles. The third-order valence-corrected chi connectivity index (χ3v) is 7.81. The van der Waals surface area contributed by atoms with Crippen LogP contribution in [0.5, 0.6) is 0 Å². The maximum absolute atomic E-state index is 14.3. The molecule has 4 rings (SSSR count). The van der Waals surface area contributed by atoms with Crippen LogP contribution in [0.4, 0.5) is 19.7 Å². The smallest absolute Gasteiger partial charge is 0.409 e. The van der Waals surface area contributed by atoms with Gasteiger partial charge in [-0.1, -0.05) is 0 Å². The van der Waals surface area contributed by atoms with Gasteiger partial charge in [0, 0.05) is 49.9 Å². The van der Waals surface area contributed by atoms with E-state index in [1.165, 1.54) is 6.07 Å². The summed E-state index contributed by atoms with van der Waals surface area (Å²) >= 11 is 0. The predicted octanol–water partition coefficient (Wildman–Crippen LogP) is 4.06. The van der Waals surface area contributed by atoms with E-state index < -0.39 is 0 Å². The molecular formula is C25H37FN4O3. The number of halogens is 1. The van der Waals surface area contributed by atoms with Crippen LogP contribution in [0, 0.1) is 5.82 Å². The van der Waals surface area contributed by atoms with Crippen molar-refractivity contribution in [3.05, 3.63) is 29.6 Å². The summed E-state index contributed by atoms with van der Waals surface area (Å²) in [6, 6.07) is 5.36. The van der Waals surface area contributed by atoms with E-state index in [1.807, 2.05) is 30.6 Å². The summed E-state index contributed by atoms with van der Waals surface area (Å²) in [5.41, 5.74) is 1.66. The Morgan fingerprint density at radius 1 is 1.09 bits per heavy atom. The lowest BCUT2D eigenvalue weighted by Gasteiger charge is -2.45. The van der Waals surface area contributed by atoms with Crippen LogP contribution in [-0.2, 0) is 10.2 Å².